The molecule has 0 spiro atoms. The molecule has 0 atom stereocenters. The molecule has 0 unspecified atom stereocenters. The molecule has 2 aromatic heterocycles. The number of hydrogen-bond donors (Lipinski definition) is 1. The average molecular weight is 332 g/mol. The third kappa shape index (κ3) is 2.29. The summed E-state index contributed by atoms with van der Waals surface area (Å²) in [7, 11) is 0. The number of carboxylic acids is 1. The van der Waals surface area contributed by atoms with Crippen molar-refractivity contribution in [3.63, 3.8) is 0 Å². The summed E-state index contributed by atoms with van der Waals surface area (Å²) >= 11 is 6.51. The van der Waals surface area contributed by atoms with Gasteiger partial charge in [0.1, 0.15) is 10.4 Å². The zero-order valence-corrected chi connectivity index (χ0v) is 12.4. The number of halogens is 1. The third-order valence-corrected chi connectivity index (χ3v) is 5.32. The monoisotopic (exact) mass is 331 g/mol. The minimum absolute atomic E-state index is 0.602. The van der Waals surface area contributed by atoms with Gasteiger partial charge in [-0.2, -0.15) is 0 Å². The largest absolute Gasteiger partial charge is 0.481 e. The van der Waals surface area contributed by atoms with Crippen molar-refractivity contribution in [2.24, 2.45) is 0 Å². The lowest BCUT2D eigenvalue weighted by Gasteiger charge is -2.15. The van der Waals surface area contributed by atoms with E-state index < -0.39 is 11.4 Å². The molecule has 3 nitrogen and oxygen atoms in total. The molecule has 0 bridgehead atoms. The van der Waals surface area contributed by atoms with Crippen molar-refractivity contribution < 1.29 is 9.90 Å². The van der Waals surface area contributed by atoms with Gasteiger partial charge in [-0.1, -0.05) is 0 Å². The molecule has 2 rings (SSSR count). The minimum atomic E-state index is -0.946. The van der Waals surface area contributed by atoms with E-state index >= 15 is 0 Å². The van der Waals surface area contributed by atoms with Crippen molar-refractivity contribution in [3.05, 3.63) is 27.0 Å². The lowest BCUT2D eigenvalue weighted by molar-refractivity contribution is -0.142. The normalized spacial score (nSPS) is 11.7. The van der Waals surface area contributed by atoms with Crippen molar-refractivity contribution in [2.75, 3.05) is 0 Å². The number of aromatic nitrogens is 1. The van der Waals surface area contributed by atoms with Gasteiger partial charge >= 0.3 is 5.97 Å². The van der Waals surface area contributed by atoms with Gasteiger partial charge in [-0.05, 0) is 41.2 Å². The smallest absolute Gasteiger partial charge is 0.315 e. The molecule has 0 saturated heterocycles. The molecule has 6 heteroatoms. The van der Waals surface area contributed by atoms with Crippen LogP contribution < -0.4 is 0 Å². The summed E-state index contributed by atoms with van der Waals surface area (Å²) in [4.78, 5) is 16.6. The molecule has 17 heavy (non-hydrogen) atoms. The van der Waals surface area contributed by atoms with Gasteiger partial charge in [0.25, 0.3) is 0 Å². The van der Waals surface area contributed by atoms with Gasteiger partial charge in [0.2, 0.25) is 0 Å². The predicted octanol–water partition coefficient (Wildman–Crippen LogP) is 4.00. The lowest BCUT2D eigenvalue weighted by atomic mass is 9.90. The van der Waals surface area contributed by atoms with Crippen LogP contribution in [-0.4, -0.2) is 16.1 Å². The van der Waals surface area contributed by atoms with Crippen LogP contribution in [0.3, 0.4) is 0 Å². The summed E-state index contributed by atoms with van der Waals surface area (Å²) in [6, 6.07) is 1.96. The second kappa shape index (κ2) is 4.51. The van der Waals surface area contributed by atoms with E-state index in [1.807, 2.05) is 16.8 Å². The maximum atomic E-state index is 11.1. The number of carbonyl (C=O) groups is 1. The number of rotatable bonds is 3. The van der Waals surface area contributed by atoms with Crippen LogP contribution in [0.4, 0.5) is 0 Å². The average Bonchev–Trinajstić information content (AvgIpc) is 2.85. The quantitative estimate of drug-likeness (QED) is 0.924. The van der Waals surface area contributed by atoms with Crippen molar-refractivity contribution in [1.82, 2.24) is 4.98 Å². The number of thiazole rings is 1. The zero-order valence-electron chi connectivity index (χ0n) is 9.23. The van der Waals surface area contributed by atoms with E-state index in [0.29, 0.717) is 5.69 Å². The van der Waals surface area contributed by atoms with Crippen molar-refractivity contribution >= 4 is 44.6 Å². The Hall–Kier alpha value is -0.720. The van der Waals surface area contributed by atoms with Crippen LogP contribution in [0.25, 0.3) is 9.88 Å². The van der Waals surface area contributed by atoms with Crippen LogP contribution in [0, 0.1) is 0 Å². The Kier molecular flexibility index (Phi) is 3.38. The Labute approximate surface area is 115 Å². The van der Waals surface area contributed by atoms with Crippen LogP contribution in [-0.2, 0) is 10.2 Å². The Morgan fingerprint density at radius 2 is 2.18 bits per heavy atom. The maximum absolute atomic E-state index is 11.1. The number of nitrogens with zero attached hydrogens (tertiary/aromatic N) is 1. The highest BCUT2D eigenvalue weighted by molar-refractivity contribution is 9.10. The van der Waals surface area contributed by atoms with E-state index in [1.54, 1.807) is 25.2 Å². The standard InChI is InChI=1S/C11H10BrNO2S2/c1-11(2,10(14)15)7-5-17-9(13-7)8-6(12)3-4-16-8/h3-5H,1-2H3,(H,14,15). The number of carboxylic acid groups (broad SMARTS) is 1. The highest BCUT2D eigenvalue weighted by Crippen LogP contribution is 2.37. The van der Waals surface area contributed by atoms with E-state index in [4.69, 9.17) is 5.11 Å². The van der Waals surface area contributed by atoms with Gasteiger partial charge in [0.05, 0.1) is 10.6 Å². The molecule has 0 amide bonds. The molecule has 2 heterocycles. The number of thiophene rings is 1. The molecule has 1 N–H and O–H groups in total. The molecule has 0 saturated carbocycles. The molecule has 0 aliphatic carbocycles. The third-order valence-electron chi connectivity index (χ3n) is 2.49. The Balaban J connectivity index is 2.41. The van der Waals surface area contributed by atoms with Crippen molar-refractivity contribution in [3.8, 4) is 9.88 Å². The fourth-order valence-corrected chi connectivity index (χ4v) is 4.02. The maximum Gasteiger partial charge on any atom is 0.315 e. The van der Waals surface area contributed by atoms with E-state index in [0.717, 1.165) is 14.4 Å². The first-order chi connectivity index (χ1) is 7.93. The van der Waals surface area contributed by atoms with Gasteiger partial charge in [-0.25, -0.2) is 4.98 Å². The van der Waals surface area contributed by atoms with Crippen LogP contribution in [0.2, 0.25) is 0 Å². The number of hydrogen-bond acceptors (Lipinski definition) is 4. The first kappa shape index (κ1) is 12.7. The molecule has 0 fully saturated rings. The Morgan fingerprint density at radius 1 is 1.47 bits per heavy atom. The highest BCUT2D eigenvalue weighted by Gasteiger charge is 2.32. The fraction of sp³-hybridized carbons (Fsp3) is 0.273. The summed E-state index contributed by atoms with van der Waals surface area (Å²) in [6.45, 7) is 3.33. The van der Waals surface area contributed by atoms with Crippen LogP contribution in [0.15, 0.2) is 21.3 Å². The van der Waals surface area contributed by atoms with Crippen LogP contribution in [0.1, 0.15) is 19.5 Å². The summed E-state index contributed by atoms with van der Waals surface area (Å²) in [6.07, 6.45) is 0. The van der Waals surface area contributed by atoms with Crippen molar-refractivity contribution in [1.29, 1.82) is 0 Å². The first-order valence-electron chi connectivity index (χ1n) is 4.85. The van der Waals surface area contributed by atoms with Crippen LogP contribution in [0.5, 0.6) is 0 Å². The van der Waals surface area contributed by atoms with E-state index in [9.17, 15) is 4.79 Å². The summed E-state index contributed by atoms with van der Waals surface area (Å²) in [5.74, 6) is -0.861. The first-order valence-corrected chi connectivity index (χ1v) is 7.41. The molecule has 0 aliphatic rings. The Morgan fingerprint density at radius 3 is 2.71 bits per heavy atom. The topological polar surface area (TPSA) is 50.2 Å². The van der Waals surface area contributed by atoms with Gasteiger partial charge in [0, 0.05) is 9.85 Å². The molecule has 90 valence electrons. The van der Waals surface area contributed by atoms with E-state index in [1.165, 1.54) is 11.3 Å². The van der Waals surface area contributed by atoms with Crippen LogP contribution >= 0.6 is 38.6 Å². The fourth-order valence-electron chi connectivity index (χ4n) is 1.22. The van der Waals surface area contributed by atoms with Crippen molar-refractivity contribution in [2.45, 2.75) is 19.3 Å². The summed E-state index contributed by atoms with van der Waals surface area (Å²) in [5, 5.41) is 13.8. The second-order valence-electron chi connectivity index (χ2n) is 4.07. The van der Waals surface area contributed by atoms with E-state index in [2.05, 4.69) is 20.9 Å². The molecular formula is C11H10BrNO2S2. The molecule has 2 aromatic rings. The second-order valence-corrected chi connectivity index (χ2v) is 6.69. The van der Waals surface area contributed by atoms with Gasteiger partial charge in [0.15, 0.2) is 0 Å². The van der Waals surface area contributed by atoms with Gasteiger partial charge in [-0.3, -0.25) is 4.79 Å². The summed E-state index contributed by atoms with van der Waals surface area (Å²) < 4.78 is 0.997. The number of aliphatic carboxylic acids is 1. The molecule has 0 aromatic carbocycles. The highest BCUT2D eigenvalue weighted by atomic mass is 79.9. The lowest BCUT2D eigenvalue weighted by Crippen LogP contribution is -2.28. The molecule has 0 radical (unpaired) electrons. The molecular weight excluding hydrogens is 322 g/mol. The van der Waals surface area contributed by atoms with Gasteiger partial charge in [-0.15, -0.1) is 22.7 Å². The Bertz CT molecular complexity index is 559. The predicted molar refractivity (Wildman–Crippen MR) is 73.8 cm³/mol. The summed E-state index contributed by atoms with van der Waals surface area (Å²) in [5.41, 5.74) is -0.344. The van der Waals surface area contributed by atoms with Gasteiger partial charge < -0.3 is 5.11 Å². The minimum Gasteiger partial charge on any atom is -0.481 e. The van der Waals surface area contributed by atoms with E-state index in [-0.39, 0.29) is 0 Å². The zero-order chi connectivity index (χ0) is 12.6. The molecule has 0 aliphatic heterocycles. The SMILES string of the molecule is CC(C)(C(=O)O)c1csc(-c2sccc2Br)n1.